The Balaban J connectivity index is 2.34. The number of anilines is 1. The number of nitrogens with zero attached hydrogens (tertiary/aromatic N) is 2. The number of ether oxygens (including phenoxy) is 2. The third-order valence-electron chi connectivity index (χ3n) is 2.04. The minimum atomic E-state index is -1.10. The summed E-state index contributed by atoms with van der Waals surface area (Å²) in [6.45, 7) is 0. The van der Waals surface area contributed by atoms with E-state index in [0.717, 1.165) is 6.07 Å². The van der Waals surface area contributed by atoms with Crippen molar-refractivity contribution in [3.63, 3.8) is 0 Å². The first-order chi connectivity index (χ1) is 8.60. The molecular formula is C11H9F2N3O2. The van der Waals surface area contributed by atoms with Gasteiger partial charge < -0.3 is 15.2 Å². The number of methoxy groups -OCH3 is 1. The summed E-state index contributed by atoms with van der Waals surface area (Å²) < 4.78 is 36.3. The molecule has 1 aromatic heterocycles. The lowest BCUT2D eigenvalue weighted by molar-refractivity contribution is 0.380. The zero-order valence-electron chi connectivity index (χ0n) is 9.35. The van der Waals surface area contributed by atoms with Crippen molar-refractivity contribution in [2.75, 3.05) is 12.8 Å². The first kappa shape index (κ1) is 12.0. The van der Waals surface area contributed by atoms with Gasteiger partial charge in [-0.2, -0.15) is 14.4 Å². The van der Waals surface area contributed by atoms with Crippen LogP contribution >= 0.6 is 0 Å². The van der Waals surface area contributed by atoms with Gasteiger partial charge in [0.05, 0.1) is 13.2 Å². The molecule has 0 fully saturated rings. The summed E-state index contributed by atoms with van der Waals surface area (Å²) in [5, 5.41) is 0. The van der Waals surface area contributed by atoms with Crippen LogP contribution in [0.4, 0.5) is 14.7 Å². The van der Waals surface area contributed by atoms with Crippen molar-refractivity contribution >= 4 is 5.95 Å². The fourth-order valence-corrected chi connectivity index (χ4v) is 1.25. The van der Waals surface area contributed by atoms with E-state index < -0.39 is 11.6 Å². The summed E-state index contributed by atoms with van der Waals surface area (Å²) >= 11 is 0. The first-order valence-corrected chi connectivity index (χ1v) is 4.90. The average molecular weight is 253 g/mol. The molecule has 2 aromatic rings. The zero-order valence-corrected chi connectivity index (χ0v) is 9.35. The van der Waals surface area contributed by atoms with E-state index >= 15 is 0 Å². The van der Waals surface area contributed by atoms with Crippen molar-refractivity contribution in [2.24, 2.45) is 0 Å². The van der Waals surface area contributed by atoms with Crippen molar-refractivity contribution in [3.8, 4) is 17.5 Å². The predicted octanol–water partition coefficient (Wildman–Crippen LogP) is 2.14. The Bertz CT molecular complexity index is 578. The minimum Gasteiger partial charge on any atom is -0.481 e. The van der Waals surface area contributed by atoms with E-state index in [1.54, 1.807) is 0 Å². The molecule has 1 aromatic carbocycles. The number of rotatable bonds is 3. The van der Waals surface area contributed by atoms with E-state index in [0.29, 0.717) is 0 Å². The molecule has 7 heteroatoms. The fourth-order valence-electron chi connectivity index (χ4n) is 1.25. The lowest BCUT2D eigenvalue weighted by Crippen LogP contribution is -2.00. The Morgan fingerprint density at radius 3 is 2.61 bits per heavy atom. The van der Waals surface area contributed by atoms with Gasteiger partial charge >= 0.3 is 0 Å². The highest BCUT2D eigenvalue weighted by molar-refractivity contribution is 5.34. The molecule has 0 amide bonds. The van der Waals surface area contributed by atoms with E-state index in [-0.39, 0.29) is 23.5 Å². The van der Waals surface area contributed by atoms with Gasteiger partial charge in [-0.1, -0.05) is 6.07 Å². The third-order valence-corrected chi connectivity index (χ3v) is 2.04. The lowest BCUT2D eigenvalue weighted by atomic mass is 10.3. The highest BCUT2D eigenvalue weighted by Gasteiger charge is 2.11. The molecule has 1 heterocycles. The maximum Gasteiger partial charge on any atom is 0.228 e. The maximum absolute atomic E-state index is 13.4. The highest BCUT2D eigenvalue weighted by atomic mass is 19.2. The smallest absolute Gasteiger partial charge is 0.228 e. The van der Waals surface area contributed by atoms with E-state index in [4.69, 9.17) is 15.2 Å². The van der Waals surface area contributed by atoms with Crippen LogP contribution in [0.15, 0.2) is 24.3 Å². The van der Waals surface area contributed by atoms with E-state index in [9.17, 15) is 8.78 Å². The number of nitrogen functional groups attached to an aromatic ring is 1. The molecule has 0 aliphatic rings. The van der Waals surface area contributed by atoms with Gasteiger partial charge in [-0.15, -0.1) is 0 Å². The summed E-state index contributed by atoms with van der Waals surface area (Å²) in [6, 6.07) is 4.87. The molecule has 0 aliphatic heterocycles. The molecule has 0 saturated heterocycles. The van der Waals surface area contributed by atoms with Gasteiger partial charge in [0.1, 0.15) is 0 Å². The number of hydrogen-bond acceptors (Lipinski definition) is 5. The van der Waals surface area contributed by atoms with Crippen molar-refractivity contribution in [1.82, 2.24) is 9.97 Å². The van der Waals surface area contributed by atoms with Crippen LogP contribution in [0.5, 0.6) is 17.5 Å². The Kier molecular flexibility index (Phi) is 3.22. The number of nitrogens with two attached hydrogens (primary N) is 1. The molecular weight excluding hydrogens is 244 g/mol. The monoisotopic (exact) mass is 253 g/mol. The average Bonchev–Trinajstić information content (AvgIpc) is 2.34. The summed E-state index contributed by atoms with van der Waals surface area (Å²) in [5.41, 5.74) is 5.41. The molecule has 2 N–H and O–H groups in total. The number of hydrogen-bond donors (Lipinski definition) is 1. The molecule has 2 rings (SSSR count). The predicted molar refractivity (Wildman–Crippen MR) is 59.4 cm³/mol. The summed E-state index contributed by atoms with van der Waals surface area (Å²) in [4.78, 5) is 7.45. The van der Waals surface area contributed by atoms with Crippen molar-refractivity contribution in [1.29, 1.82) is 0 Å². The third kappa shape index (κ3) is 2.45. The molecule has 5 nitrogen and oxygen atoms in total. The minimum absolute atomic E-state index is 0.0381. The Morgan fingerprint density at radius 2 is 1.89 bits per heavy atom. The van der Waals surface area contributed by atoms with Crippen LogP contribution in [0, 0.1) is 11.6 Å². The SMILES string of the molecule is COc1cc(Oc2cccc(F)c2F)nc(N)n1. The van der Waals surface area contributed by atoms with Crippen LogP contribution in [0.3, 0.4) is 0 Å². The largest absolute Gasteiger partial charge is 0.481 e. The lowest BCUT2D eigenvalue weighted by Gasteiger charge is -2.07. The van der Waals surface area contributed by atoms with Crippen LogP contribution < -0.4 is 15.2 Å². The van der Waals surface area contributed by atoms with Crippen molar-refractivity contribution < 1.29 is 18.3 Å². The van der Waals surface area contributed by atoms with Gasteiger partial charge in [0.2, 0.25) is 23.5 Å². The molecule has 0 bridgehead atoms. The second kappa shape index (κ2) is 4.82. The first-order valence-electron chi connectivity index (χ1n) is 4.90. The maximum atomic E-state index is 13.4. The van der Waals surface area contributed by atoms with Crippen LogP contribution in [0.2, 0.25) is 0 Å². The Morgan fingerprint density at radius 1 is 1.17 bits per heavy atom. The number of aromatic nitrogens is 2. The molecule has 0 radical (unpaired) electrons. The Hall–Kier alpha value is -2.44. The molecule has 0 spiro atoms. The van der Waals surface area contributed by atoms with E-state index in [1.165, 1.54) is 25.3 Å². The van der Waals surface area contributed by atoms with Crippen LogP contribution in [0.25, 0.3) is 0 Å². The van der Waals surface area contributed by atoms with Gasteiger partial charge in [0.25, 0.3) is 0 Å². The van der Waals surface area contributed by atoms with Gasteiger partial charge in [-0.05, 0) is 12.1 Å². The second-order valence-electron chi connectivity index (χ2n) is 3.26. The topological polar surface area (TPSA) is 70.3 Å². The van der Waals surface area contributed by atoms with Crippen molar-refractivity contribution in [3.05, 3.63) is 35.9 Å². The summed E-state index contributed by atoms with van der Waals surface area (Å²) in [7, 11) is 1.38. The van der Waals surface area contributed by atoms with Gasteiger partial charge in [-0.3, -0.25) is 0 Å². The standard InChI is InChI=1S/C11H9F2N3O2/c1-17-8-5-9(16-11(14)15-8)18-7-4-2-3-6(12)10(7)13/h2-5H,1H3,(H2,14,15,16). The molecule has 0 unspecified atom stereocenters. The van der Waals surface area contributed by atoms with Crippen LogP contribution in [-0.4, -0.2) is 17.1 Å². The normalized spacial score (nSPS) is 10.2. The highest BCUT2D eigenvalue weighted by Crippen LogP contribution is 2.26. The molecule has 94 valence electrons. The molecule has 0 saturated carbocycles. The fraction of sp³-hybridized carbons (Fsp3) is 0.0909. The van der Waals surface area contributed by atoms with Gasteiger partial charge in [0, 0.05) is 0 Å². The molecule has 0 aliphatic carbocycles. The second-order valence-corrected chi connectivity index (χ2v) is 3.26. The van der Waals surface area contributed by atoms with Crippen LogP contribution in [0.1, 0.15) is 0 Å². The van der Waals surface area contributed by atoms with Crippen LogP contribution in [-0.2, 0) is 0 Å². The van der Waals surface area contributed by atoms with Gasteiger partial charge in [0.15, 0.2) is 11.6 Å². The summed E-state index contributed by atoms with van der Waals surface area (Å²) in [6.07, 6.45) is 0. The Labute approximate surface area is 101 Å². The number of halogens is 2. The molecule has 18 heavy (non-hydrogen) atoms. The van der Waals surface area contributed by atoms with E-state index in [1.807, 2.05) is 0 Å². The molecule has 0 atom stereocenters. The van der Waals surface area contributed by atoms with Gasteiger partial charge in [-0.25, -0.2) is 4.39 Å². The quantitative estimate of drug-likeness (QED) is 0.907. The van der Waals surface area contributed by atoms with E-state index in [2.05, 4.69) is 9.97 Å². The number of benzene rings is 1. The summed E-state index contributed by atoms with van der Waals surface area (Å²) in [5.74, 6) is -2.38. The zero-order chi connectivity index (χ0) is 13.1. The van der Waals surface area contributed by atoms with Crippen molar-refractivity contribution in [2.45, 2.75) is 0 Å².